The third-order valence-electron chi connectivity index (χ3n) is 6.31. The van der Waals surface area contributed by atoms with Gasteiger partial charge in [-0.15, -0.1) is 5.10 Å². The van der Waals surface area contributed by atoms with Crippen LogP contribution in [0.1, 0.15) is 35.1 Å². The average Bonchev–Trinajstić information content (AvgIpc) is 3.23. The highest BCUT2D eigenvalue weighted by Crippen LogP contribution is 2.51. The topological polar surface area (TPSA) is 46.8 Å². The molecule has 0 bridgehead atoms. The summed E-state index contributed by atoms with van der Waals surface area (Å²) in [4.78, 5) is 9.81. The fourth-order valence-corrected chi connectivity index (χ4v) is 6.46. The van der Waals surface area contributed by atoms with Gasteiger partial charge >= 0.3 is 6.18 Å². The summed E-state index contributed by atoms with van der Waals surface area (Å²) < 4.78 is 58.4. The fourth-order valence-electron chi connectivity index (χ4n) is 4.41. The number of allylic oxidation sites excluding steroid dienone is 1. The molecule has 3 heterocycles. The Kier molecular flexibility index (Phi) is 8.16. The highest BCUT2D eigenvalue weighted by Gasteiger charge is 2.41. The molecule has 0 fully saturated rings. The van der Waals surface area contributed by atoms with Gasteiger partial charge in [0, 0.05) is 16.7 Å². The first-order chi connectivity index (χ1) is 18.1. The molecule has 4 aromatic rings. The van der Waals surface area contributed by atoms with E-state index in [4.69, 9.17) is 11.6 Å². The van der Waals surface area contributed by atoms with Crippen LogP contribution in [-0.4, -0.2) is 19.7 Å². The molecule has 2 aromatic carbocycles. The van der Waals surface area contributed by atoms with Crippen LogP contribution in [0.15, 0.2) is 49.1 Å². The lowest BCUT2D eigenvalue weighted by molar-refractivity contribution is -0.144. The lowest BCUT2D eigenvalue weighted by Crippen LogP contribution is -2.31. The first-order valence-electron chi connectivity index (χ1n) is 11.2. The molecule has 204 valence electrons. The molecular weight excluding hydrogens is 989 g/mol. The highest BCUT2D eigenvalue weighted by atomic mass is 127. The van der Waals surface area contributed by atoms with Crippen molar-refractivity contribution in [1.82, 2.24) is 19.7 Å². The van der Waals surface area contributed by atoms with Crippen LogP contribution >= 0.6 is 102 Å². The second-order valence-electron chi connectivity index (χ2n) is 9.02. The number of hydrogen-bond acceptors (Lipinski definition) is 4. The van der Waals surface area contributed by atoms with Crippen LogP contribution in [-0.2, 0) is 24.4 Å². The lowest BCUT2D eigenvalue weighted by Gasteiger charge is -2.33. The van der Waals surface area contributed by atoms with Crippen LogP contribution < -0.4 is 4.90 Å². The average molecular weight is 1010 g/mol. The third kappa shape index (κ3) is 5.63. The van der Waals surface area contributed by atoms with Crippen LogP contribution in [0.4, 0.5) is 23.4 Å². The van der Waals surface area contributed by atoms with E-state index in [-0.39, 0.29) is 16.4 Å². The summed E-state index contributed by atoms with van der Waals surface area (Å²) in [5, 5.41) is 5.16. The molecule has 1 unspecified atom stereocenters. The third-order valence-corrected chi connectivity index (χ3v) is 9.19. The summed E-state index contributed by atoms with van der Waals surface area (Å²) in [6.07, 6.45) is -3.56. The maximum Gasteiger partial charge on any atom is 0.451 e. The number of halogens is 9. The number of rotatable bonds is 5. The summed E-state index contributed by atoms with van der Waals surface area (Å²) >= 11 is 15.1. The first kappa shape index (κ1) is 29.9. The first-order valence-corrected chi connectivity index (χ1v) is 15.9. The van der Waals surface area contributed by atoms with Crippen LogP contribution in [0.25, 0.3) is 16.7 Å². The summed E-state index contributed by atoms with van der Waals surface area (Å²) in [5.41, 5.74) is 0.717. The molecule has 0 spiro atoms. The SMILES string of the molecule is C=CC(C)(F)c1cc(Cl)c2c(c1)CN(Cc1ccccc1I)c1c3c(C(I)(I)I)nc(C(F)(F)F)nc3nn1-2. The maximum absolute atomic E-state index is 15.3. The van der Waals surface area contributed by atoms with E-state index < -0.39 is 17.1 Å². The number of anilines is 1. The van der Waals surface area contributed by atoms with Gasteiger partial charge in [-0.3, -0.25) is 0 Å². The van der Waals surface area contributed by atoms with Crippen molar-refractivity contribution < 1.29 is 17.6 Å². The molecule has 2 aromatic heterocycles. The Morgan fingerprint density at radius 3 is 2.41 bits per heavy atom. The van der Waals surface area contributed by atoms with Gasteiger partial charge in [0.05, 0.1) is 21.8 Å². The second-order valence-corrected chi connectivity index (χ2v) is 21.6. The van der Waals surface area contributed by atoms with E-state index in [0.717, 1.165) is 9.13 Å². The molecule has 5 nitrogen and oxygen atoms in total. The number of nitrogens with zero attached hydrogens (tertiary/aromatic N) is 5. The number of benzene rings is 2. The molecule has 1 aliphatic heterocycles. The minimum atomic E-state index is -4.76. The van der Waals surface area contributed by atoms with Gasteiger partial charge in [0.1, 0.15) is 5.82 Å². The van der Waals surface area contributed by atoms with E-state index in [0.29, 0.717) is 41.1 Å². The van der Waals surface area contributed by atoms with E-state index in [1.54, 1.807) is 6.07 Å². The predicted octanol–water partition coefficient (Wildman–Crippen LogP) is 9.40. The Labute approximate surface area is 280 Å². The van der Waals surface area contributed by atoms with Gasteiger partial charge in [-0.2, -0.15) is 13.2 Å². The van der Waals surface area contributed by atoms with Crippen LogP contribution in [0.5, 0.6) is 0 Å². The van der Waals surface area contributed by atoms with Gasteiger partial charge in [0.25, 0.3) is 0 Å². The molecular formula is C25H16ClF4I4N5. The summed E-state index contributed by atoms with van der Waals surface area (Å²) in [7, 11) is 0. The zero-order valence-electron chi connectivity index (χ0n) is 19.8. The van der Waals surface area contributed by atoms with Crippen LogP contribution in [0, 0.1) is 3.57 Å². The van der Waals surface area contributed by atoms with Crippen molar-refractivity contribution in [3.8, 4) is 5.69 Å². The molecule has 1 aliphatic rings. The van der Waals surface area contributed by atoms with E-state index in [1.165, 1.54) is 23.7 Å². The zero-order chi connectivity index (χ0) is 28.5. The van der Waals surface area contributed by atoms with Crippen molar-refractivity contribution in [3.63, 3.8) is 0 Å². The number of aromatic nitrogens is 4. The highest BCUT2D eigenvalue weighted by molar-refractivity contribution is 14.3. The Bertz CT molecular complexity index is 1630. The molecule has 0 aliphatic carbocycles. The van der Waals surface area contributed by atoms with E-state index in [1.807, 2.05) is 96.9 Å². The normalized spacial score (nSPS) is 15.2. The Hall–Kier alpha value is -0.540. The monoisotopic (exact) mass is 1000 g/mol. The van der Waals surface area contributed by atoms with Gasteiger partial charge in [0.2, 0.25) is 5.82 Å². The number of hydrogen-bond donors (Lipinski definition) is 0. The van der Waals surface area contributed by atoms with E-state index in [2.05, 4.69) is 44.2 Å². The molecule has 5 rings (SSSR count). The largest absolute Gasteiger partial charge is 0.451 e. The lowest BCUT2D eigenvalue weighted by atomic mass is 9.94. The standard InChI is InChI=1S/C25H16ClF4I4N5/c1-3-23(2,27)14-8-13-11-38(10-12-6-4-5-7-16(12)31)21-17-19(25(32,33)34)35-22(24(28,29)30)36-20(17)37-39(21)18(13)15(26)9-14/h3-9H,1,10-11H2,2H3. The van der Waals surface area contributed by atoms with Crippen LogP contribution in [0.2, 0.25) is 5.02 Å². The predicted molar refractivity (Wildman–Crippen MR) is 178 cm³/mol. The molecule has 39 heavy (non-hydrogen) atoms. The van der Waals surface area contributed by atoms with E-state index in [9.17, 15) is 13.2 Å². The van der Waals surface area contributed by atoms with Crippen molar-refractivity contribution >= 4 is 119 Å². The van der Waals surface area contributed by atoms with Gasteiger partial charge in [-0.25, -0.2) is 19.0 Å². The Balaban J connectivity index is 1.85. The molecule has 0 amide bonds. The minimum absolute atomic E-state index is 0.0983. The molecule has 0 saturated carbocycles. The Morgan fingerprint density at radius 2 is 1.79 bits per heavy atom. The summed E-state index contributed by atoms with van der Waals surface area (Å²) in [6.45, 7) is 5.70. The van der Waals surface area contributed by atoms with Gasteiger partial charge < -0.3 is 4.90 Å². The Morgan fingerprint density at radius 1 is 1.10 bits per heavy atom. The molecule has 0 N–H and O–H groups in total. The molecule has 14 heteroatoms. The van der Waals surface area contributed by atoms with Gasteiger partial charge in [-0.1, -0.05) is 42.5 Å². The molecule has 0 saturated heterocycles. The number of fused-ring (bicyclic) bond motifs is 5. The molecule has 0 radical (unpaired) electrons. The van der Waals surface area contributed by atoms with Gasteiger partial charge in [-0.05, 0) is 132 Å². The summed E-state index contributed by atoms with van der Waals surface area (Å²) in [6, 6.07) is 11.0. The second kappa shape index (κ2) is 10.6. The van der Waals surface area contributed by atoms with E-state index >= 15 is 4.39 Å². The van der Waals surface area contributed by atoms with Crippen LogP contribution in [0.3, 0.4) is 0 Å². The van der Waals surface area contributed by atoms with Crippen molar-refractivity contribution in [2.45, 2.75) is 31.3 Å². The van der Waals surface area contributed by atoms with Crippen molar-refractivity contribution in [2.24, 2.45) is 0 Å². The number of alkyl halides is 7. The van der Waals surface area contributed by atoms with Gasteiger partial charge in [0.15, 0.2) is 10.8 Å². The van der Waals surface area contributed by atoms with Crippen molar-refractivity contribution in [1.29, 1.82) is 0 Å². The smallest absolute Gasteiger partial charge is 0.347 e. The fraction of sp³-hybridized carbons (Fsp3) is 0.240. The maximum atomic E-state index is 15.3. The molecule has 1 atom stereocenters. The summed E-state index contributed by atoms with van der Waals surface area (Å²) in [5.74, 6) is -0.739. The van der Waals surface area contributed by atoms with Crippen molar-refractivity contribution in [2.75, 3.05) is 4.90 Å². The minimum Gasteiger partial charge on any atom is -0.347 e. The zero-order valence-corrected chi connectivity index (χ0v) is 29.2. The van der Waals surface area contributed by atoms with Crippen molar-refractivity contribution in [3.05, 3.63) is 85.9 Å². The quantitative estimate of drug-likeness (QED) is 0.0867.